The van der Waals surface area contributed by atoms with Crippen molar-refractivity contribution in [1.82, 2.24) is 4.31 Å². The van der Waals surface area contributed by atoms with Crippen molar-refractivity contribution < 1.29 is 13.2 Å². The van der Waals surface area contributed by atoms with E-state index in [0.717, 1.165) is 0 Å². The number of carbonyl (C=O) groups excluding carboxylic acids is 1. The van der Waals surface area contributed by atoms with Gasteiger partial charge in [0.1, 0.15) is 0 Å². The van der Waals surface area contributed by atoms with E-state index in [1.165, 1.54) is 4.31 Å². The normalized spacial score (nSPS) is 17.4. The second-order valence-electron chi connectivity index (χ2n) is 5.16. The van der Waals surface area contributed by atoms with Crippen molar-refractivity contribution in [2.45, 2.75) is 19.8 Å². The van der Waals surface area contributed by atoms with Crippen molar-refractivity contribution in [3.8, 4) is 0 Å². The van der Waals surface area contributed by atoms with Gasteiger partial charge in [0, 0.05) is 19.0 Å². The minimum atomic E-state index is -3.18. The van der Waals surface area contributed by atoms with Gasteiger partial charge >= 0.3 is 0 Å². The number of nitrogens with zero attached hydrogens (tertiary/aromatic N) is 1. The Morgan fingerprint density at radius 2 is 1.82 bits per heavy atom. The summed E-state index contributed by atoms with van der Waals surface area (Å²) in [4.78, 5) is 12.3. The van der Waals surface area contributed by atoms with Crippen LogP contribution >= 0.6 is 23.2 Å². The minimum Gasteiger partial charge on any atom is -0.323 e. The summed E-state index contributed by atoms with van der Waals surface area (Å²) in [6.45, 7) is 2.35. The van der Waals surface area contributed by atoms with Crippen molar-refractivity contribution in [3.05, 3.63) is 28.2 Å². The van der Waals surface area contributed by atoms with Crippen LogP contribution < -0.4 is 5.32 Å². The summed E-state index contributed by atoms with van der Waals surface area (Å²) >= 11 is 12.1. The first-order chi connectivity index (χ1) is 10.3. The zero-order valence-electron chi connectivity index (χ0n) is 12.2. The lowest BCUT2D eigenvalue weighted by Gasteiger charge is -2.30. The third kappa shape index (κ3) is 3.93. The number of anilines is 1. The summed E-state index contributed by atoms with van der Waals surface area (Å²) < 4.78 is 25.0. The summed E-state index contributed by atoms with van der Waals surface area (Å²) in [7, 11) is -3.18. The van der Waals surface area contributed by atoms with Gasteiger partial charge in [0.15, 0.2) is 0 Å². The second-order valence-corrected chi connectivity index (χ2v) is 8.23. The summed E-state index contributed by atoms with van der Waals surface area (Å²) in [5.74, 6) is -0.335. The van der Waals surface area contributed by atoms with Gasteiger partial charge in [-0.05, 0) is 31.9 Å². The number of sulfonamides is 1. The zero-order valence-corrected chi connectivity index (χ0v) is 14.5. The SMILES string of the molecule is CCS(=O)(=O)N1CCC(C(=O)Nc2c(Cl)cccc2Cl)CC1. The van der Waals surface area contributed by atoms with Gasteiger partial charge in [-0.25, -0.2) is 12.7 Å². The first-order valence-corrected chi connectivity index (χ1v) is 9.44. The predicted molar refractivity (Wildman–Crippen MR) is 88.8 cm³/mol. The highest BCUT2D eigenvalue weighted by Crippen LogP contribution is 2.31. The molecule has 1 saturated heterocycles. The molecule has 0 atom stereocenters. The lowest BCUT2D eigenvalue weighted by Crippen LogP contribution is -2.42. The molecule has 0 spiro atoms. The van der Waals surface area contributed by atoms with E-state index in [1.807, 2.05) is 0 Å². The highest BCUT2D eigenvalue weighted by Gasteiger charge is 2.30. The Hall–Kier alpha value is -0.820. The maximum Gasteiger partial charge on any atom is 0.227 e. The van der Waals surface area contributed by atoms with Crippen LogP contribution in [0.15, 0.2) is 18.2 Å². The summed E-state index contributed by atoms with van der Waals surface area (Å²) in [6, 6.07) is 5.01. The van der Waals surface area contributed by atoms with Crippen LogP contribution in [0, 0.1) is 5.92 Å². The molecule has 5 nitrogen and oxygen atoms in total. The molecule has 0 saturated carbocycles. The molecule has 1 N–H and O–H groups in total. The van der Waals surface area contributed by atoms with Crippen LogP contribution in [0.4, 0.5) is 5.69 Å². The van der Waals surface area contributed by atoms with Gasteiger partial charge < -0.3 is 5.32 Å². The largest absolute Gasteiger partial charge is 0.323 e. The maximum atomic E-state index is 12.3. The maximum absolute atomic E-state index is 12.3. The zero-order chi connectivity index (χ0) is 16.3. The van der Waals surface area contributed by atoms with Gasteiger partial charge in [0.25, 0.3) is 0 Å². The van der Waals surface area contributed by atoms with Crippen LogP contribution in [0.3, 0.4) is 0 Å². The number of amides is 1. The number of hydrogen-bond acceptors (Lipinski definition) is 3. The third-order valence-electron chi connectivity index (χ3n) is 3.79. The molecule has 1 fully saturated rings. The number of rotatable bonds is 4. The quantitative estimate of drug-likeness (QED) is 0.892. The number of hydrogen-bond donors (Lipinski definition) is 1. The first kappa shape index (κ1) is 17.5. The highest BCUT2D eigenvalue weighted by atomic mass is 35.5. The fourth-order valence-corrected chi connectivity index (χ4v) is 4.05. The molecule has 1 aromatic rings. The van der Waals surface area contributed by atoms with E-state index in [9.17, 15) is 13.2 Å². The third-order valence-corrected chi connectivity index (χ3v) is 6.31. The van der Waals surface area contributed by atoms with E-state index < -0.39 is 10.0 Å². The number of nitrogens with one attached hydrogen (secondary N) is 1. The van der Waals surface area contributed by atoms with E-state index in [2.05, 4.69) is 5.32 Å². The van der Waals surface area contributed by atoms with Crippen molar-refractivity contribution in [2.75, 3.05) is 24.2 Å². The summed E-state index contributed by atoms with van der Waals surface area (Å²) in [6.07, 6.45) is 0.986. The molecule has 22 heavy (non-hydrogen) atoms. The number of piperidine rings is 1. The lowest BCUT2D eigenvalue weighted by molar-refractivity contribution is -0.120. The van der Waals surface area contributed by atoms with Crippen LogP contribution in [-0.4, -0.2) is 37.5 Å². The number of para-hydroxylation sites is 1. The van der Waals surface area contributed by atoms with Gasteiger partial charge in [-0.1, -0.05) is 29.3 Å². The number of carbonyl (C=O) groups is 1. The van der Waals surface area contributed by atoms with E-state index in [4.69, 9.17) is 23.2 Å². The van der Waals surface area contributed by atoms with E-state index in [1.54, 1.807) is 25.1 Å². The molecule has 122 valence electrons. The Labute approximate surface area is 140 Å². The van der Waals surface area contributed by atoms with Crippen molar-refractivity contribution in [2.24, 2.45) is 5.92 Å². The molecule has 1 aliphatic rings. The van der Waals surface area contributed by atoms with Crippen molar-refractivity contribution >= 4 is 44.8 Å². The molecule has 8 heteroatoms. The smallest absolute Gasteiger partial charge is 0.227 e. The molecule has 1 heterocycles. The number of benzene rings is 1. The highest BCUT2D eigenvalue weighted by molar-refractivity contribution is 7.89. The molecule has 1 aliphatic heterocycles. The van der Waals surface area contributed by atoms with Crippen LogP contribution in [0.2, 0.25) is 10.0 Å². The standard InChI is InChI=1S/C14H18Cl2N2O3S/c1-2-22(20,21)18-8-6-10(7-9-18)14(19)17-13-11(15)4-3-5-12(13)16/h3-5,10H,2,6-9H2,1H3,(H,17,19). The Morgan fingerprint density at radius 1 is 1.27 bits per heavy atom. The molecular formula is C14H18Cl2N2O3S. The Morgan fingerprint density at radius 3 is 2.32 bits per heavy atom. The van der Waals surface area contributed by atoms with Crippen molar-refractivity contribution in [3.63, 3.8) is 0 Å². The molecular weight excluding hydrogens is 347 g/mol. The van der Waals surface area contributed by atoms with E-state index >= 15 is 0 Å². The van der Waals surface area contributed by atoms with Crippen LogP contribution in [0.1, 0.15) is 19.8 Å². The van der Waals surface area contributed by atoms with Gasteiger partial charge in [-0.3, -0.25) is 4.79 Å². The Bertz CT molecular complexity index is 636. The van der Waals surface area contributed by atoms with E-state index in [-0.39, 0.29) is 17.6 Å². The first-order valence-electron chi connectivity index (χ1n) is 7.08. The average Bonchev–Trinajstić information content (AvgIpc) is 2.51. The predicted octanol–water partition coefficient (Wildman–Crippen LogP) is 2.99. The summed E-state index contributed by atoms with van der Waals surface area (Å²) in [5.41, 5.74) is 0.402. The average molecular weight is 365 g/mol. The van der Waals surface area contributed by atoms with Gasteiger partial charge in [-0.15, -0.1) is 0 Å². The molecule has 0 aliphatic carbocycles. The van der Waals surface area contributed by atoms with Crippen LogP contribution in [-0.2, 0) is 14.8 Å². The topological polar surface area (TPSA) is 66.5 Å². The molecule has 0 radical (unpaired) electrons. The molecule has 1 amide bonds. The van der Waals surface area contributed by atoms with Gasteiger partial charge in [0.2, 0.25) is 15.9 Å². The van der Waals surface area contributed by atoms with Crippen LogP contribution in [0.25, 0.3) is 0 Å². The molecule has 0 bridgehead atoms. The van der Waals surface area contributed by atoms with Gasteiger partial charge in [0.05, 0.1) is 21.5 Å². The monoisotopic (exact) mass is 364 g/mol. The Kier molecular flexibility index (Phi) is 5.71. The molecule has 1 aromatic carbocycles. The van der Waals surface area contributed by atoms with Crippen LogP contribution in [0.5, 0.6) is 0 Å². The fourth-order valence-electron chi connectivity index (χ4n) is 2.42. The fraction of sp³-hybridized carbons (Fsp3) is 0.500. The Balaban J connectivity index is 1.99. The summed E-state index contributed by atoms with van der Waals surface area (Å²) in [5, 5.41) is 3.51. The molecule has 0 aromatic heterocycles. The lowest BCUT2D eigenvalue weighted by atomic mass is 9.97. The van der Waals surface area contributed by atoms with Crippen molar-refractivity contribution in [1.29, 1.82) is 0 Å². The van der Waals surface area contributed by atoms with E-state index in [0.29, 0.717) is 41.7 Å². The second kappa shape index (κ2) is 7.17. The molecule has 0 unspecified atom stereocenters. The number of halogens is 2. The molecule has 2 rings (SSSR count). The van der Waals surface area contributed by atoms with Gasteiger partial charge in [-0.2, -0.15) is 0 Å². The minimum absolute atomic E-state index is 0.0824.